The normalized spacial score (nSPS) is 46.4. The van der Waals surface area contributed by atoms with E-state index in [2.05, 4.69) is 0 Å². The van der Waals surface area contributed by atoms with Crippen molar-refractivity contribution in [2.45, 2.75) is 30.7 Å². The number of ether oxygens (including phenoxy) is 2. The van der Waals surface area contributed by atoms with Gasteiger partial charge in [0.05, 0.1) is 6.61 Å². The average Bonchev–Trinajstić information content (AvgIpc) is 2.15. The molecular formula is C7H14O6. The van der Waals surface area contributed by atoms with Gasteiger partial charge in [0.2, 0.25) is 0 Å². The van der Waals surface area contributed by atoms with Gasteiger partial charge in [0.1, 0.15) is 24.4 Å². The van der Waals surface area contributed by atoms with Crippen molar-refractivity contribution in [1.29, 1.82) is 0 Å². The third-order valence-corrected chi connectivity index (χ3v) is 2.08. The van der Waals surface area contributed by atoms with Crippen molar-refractivity contribution < 1.29 is 29.9 Å². The van der Waals surface area contributed by atoms with Crippen molar-refractivity contribution in [1.82, 2.24) is 0 Å². The van der Waals surface area contributed by atoms with Crippen LogP contribution < -0.4 is 0 Å². The van der Waals surface area contributed by atoms with E-state index in [9.17, 15) is 15.3 Å². The lowest BCUT2D eigenvalue weighted by Gasteiger charge is -2.38. The summed E-state index contributed by atoms with van der Waals surface area (Å²) in [6.45, 7) is -0.440. The molecule has 78 valence electrons. The van der Waals surface area contributed by atoms with Crippen LogP contribution in [0, 0.1) is 0 Å². The molecule has 0 aromatic rings. The summed E-state index contributed by atoms with van der Waals surface area (Å²) in [6, 6.07) is 0. The molecule has 3 unspecified atom stereocenters. The van der Waals surface area contributed by atoms with Crippen LogP contribution in [-0.4, -0.2) is 64.8 Å². The van der Waals surface area contributed by atoms with E-state index >= 15 is 0 Å². The van der Waals surface area contributed by atoms with Gasteiger partial charge in [0.25, 0.3) is 0 Å². The lowest BCUT2D eigenvalue weighted by atomic mass is 9.99. The van der Waals surface area contributed by atoms with Gasteiger partial charge in [-0.25, -0.2) is 0 Å². The van der Waals surface area contributed by atoms with Crippen LogP contribution in [0.1, 0.15) is 0 Å². The maximum absolute atomic E-state index is 9.28. The molecule has 1 saturated heterocycles. The number of methoxy groups -OCH3 is 1. The van der Waals surface area contributed by atoms with Crippen LogP contribution in [0.25, 0.3) is 0 Å². The fourth-order valence-electron chi connectivity index (χ4n) is 1.26. The molecule has 1 heterocycles. The molecule has 6 heteroatoms. The second-order valence-electron chi connectivity index (χ2n) is 2.93. The molecule has 0 radical (unpaired) electrons. The molecule has 1 aliphatic rings. The molecule has 1 fully saturated rings. The summed E-state index contributed by atoms with van der Waals surface area (Å²) >= 11 is 0. The summed E-state index contributed by atoms with van der Waals surface area (Å²) in [5, 5.41) is 36.6. The molecule has 1 rings (SSSR count). The van der Waals surface area contributed by atoms with Crippen molar-refractivity contribution in [2.75, 3.05) is 13.7 Å². The molecule has 0 aromatic heterocycles. The largest absolute Gasteiger partial charge is 0.394 e. The zero-order valence-corrected chi connectivity index (χ0v) is 7.20. The van der Waals surface area contributed by atoms with Crippen LogP contribution >= 0.6 is 0 Å². The number of hydrogen-bond donors (Lipinski definition) is 4. The van der Waals surface area contributed by atoms with E-state index in [-0.39, 0.29) is 0 Å². The minimum absolute atomic E-state index is 0.440. The molecule has 0 aromatic carbocycles. The van der Waals surface area contributed by atoms with Gasteiger partial charge in [-0.1, -0.05) is 0 Å². The highest BCUT2D eigenvalue weighted by Crippen LogP contribution is 2.20. The Hall–Kier alpha value is -0.240. The van der Waals surface area contributed by atoms with Crippen molar-refractivity contribution in [3.05, 3.63) is 0 Å². The highest BCUT2D eigenvalue weighted by atomic mass is 16.7. The Morgan fingerprint density at radius 2 is 1.77 bits per heavy atom. The second-order valence-corrected chi connectivity index (χ2v) is 2.93. The molecule has 0 aliphatic carbocycles. The van der Waals surface area contributed by atoms with Gasteiger partial charge in [-0.3, -0.25) is 0 Å². The van der Waals surface area contributed by atoms with E-state index in [1.807, 2.05) is 0 Å². The van der Waals surface area contributed by atoms with E-state index in [0.29, 0.717) is 0 Å². The van der Waals surface area contributed by atoms with E-state index < -0.39 is 37.3 Å². The van der Waals surface area contributed by atoms with Crippen molar-refractivity contribution in [3.63, 3.8) is 0 Å². The summed E-state index contributed by atoms with van der Waals surface area (Å²) in [6.07, 6.45) is -5.91. The standard InChI is InChI=1S/C7H14O6/c1-12-7-6(11)5(10)4(9)3(2-8)13-7/h3-11H,2H2,1H3/t3?,4-,5?,6?,7-/m0/s1. The Kier molecular flexibility index (Phi) is 3.60. The van der Waals surface area contributed by atoms with Crippen LogP contribution in [0.5, 0.6) is 0 Å². The van der Waals surface area contributed by atoms with Gasteiger partial charge >= 0.3 is 0 Å². The summed E-state index contributed by atoms with van der Waals surface area (Å²) in [7, 11) is 1.30. The first-order valence-electron chi connectivity index (χ1n) is 3.95. The molecule has 4 N–H and O–H groups in total. The Labute approximate surface area is 75.3 Å². The van der Waals surface area contributed by atoms with Gasteiger partial charge in [-0.05, 0) is 0 Å². The number of aliphatic hydroxyl groups excluding tert-OH is 4. The fraction of sp³-hybridized carbons (Fsp3) is 1.00. The molecule has 0 amide bonds. The number of rotatable bonds is 2. The Balaban J connectivity index is 2.66. The topological polar surface area (TPSA) is 99.4 Å². The fourth-order valence-corrected chi connectivity index (χ4v) is 1.26. The Morgan fingerprint density at radius 3 is 2.23 bits per heavy atom. The van der Waals surface area contributed by atoms with E-state index in [4.69, 9.17) is 14.6 Å². The third kappa shape index (κ3) is 1.98. The number of aliphatic hydroxyl groups is 4. The smallest absolute Gasteiger partial charge is 0.186 e. The van der Waals surface area contributed by atoms with Gasteiger partial charge < -0.3 is 29.9 Å². The minimum atomic E-state index is -1.36. The summed E-state index contributed by atoms with van der Waals surface area (Å²) in [5.74, 6) is 0. The molecule has 6 nitrogen and oxygen atoms in total. The van der Waals surface area contributed by atoms with Gasteiger partial charge in [0.15, 0.2) is 6.29 Å². The molecule has 0 spiro atoms. The summed E-state index contributed by atoms with van der Waals surface area (Å²) < 4.78 is 9.65. The first kappa shape index (κ1) is 10.8. The second kappa shape index (κ2) is 4.32. The molecule has 5 atom stereocenters. The predicted octanol–water partition coefficient (Wildman–Crippen LogP) is -2.57. The maximum atomic E-state index is 9.28. The van der Waals surface area contributed by atoms with Crippen LogP contribution in [0.15, 0.2) is 0 Å². The molecule has 13 heavy (non-hydrogen) atoms. The van der Waals surface area contributed by atoms with Crippen LogP contribution in [0.3, 0.4) is 0 Å². The van der Waals surface area contributed by atoms with Crippen LogP contribution in [-0.2, 0) is 9.47 Å². The van der Waals surface area contributed by atoms with E-state index in [1.165, 1.54) is 7.11 Å². The number of hydrogen-bond acceptors (Lipinski definition) is 6. The predicted molar refractivity (Wildman–Crippen MR) is 40.8 cm³/mol. The zero-order valence-electron chi connectivity index (χ0n) is 7.20. The molecular weight excluding hydrogens is 180 g/mol. The third-order valence-electron chi connectivity index (χ3n) is 2.08. The monoisotopic (exact) mass is 194 g/mol. The Morgan fingerprint density at radius 1 is 1.15 bits per heavy atom. The summed E-state index contributed by atoms with van der Waals surface area (Å²) in [4.78, 5) is 0. The minimum Gasteiger partial charge on any atom is -0.394 e. The van der Waals surface area contributed by atoms with Crippen molar-refractivity contribution in [3.8, 4) is 0 Å². The molecule has 0 bridgehead atoms. The van der Waals surface area contributed by atoms with Gasteiger partial charge in [0, 0.05) is 7.11 Å². The van der Waals surface area contributed by atoms with E-state index in [1.54, 1.807) is 0 Å². The highest BCUT2D eigenvalue weighted by molar-refractivity contribution is 4.88. The quantitative estimate of drug-likeness (QED) is 0.386. The van der Waals surface area contributed by atoms with Crippen molar-refractivity contribution in [2.24, 2.45) is 0 Å². The van der Waals surface area contributed by atoms with Crippen molar-refractivity contribution >= 4 is 0 Å². The van der Waals surface area contributed by atoms with Crippen LogP contribution in [0.4, 0.5) is 0 Å². The SMILES string of the molecule is CO[C@H]1OC(CO)[C@H](O)C(O)C1O. The summed E-state index contributed by atoms with van der Waals surface area (Å²) in [5.41, 5.74) is 0. The maximum Gasteiger partial charge on any atom is 0.186 e. The zero-order chi connectivity index (χ0) is 10.0. The molecule has 1 aliphatic heterocycles. The lowest BCUT2D eigenvalue weighted by Crippen LogP contribution is -2.58. The van der Waals surface area contributed by atoms with Crippen LogP contribution in [0.2, 0.25) is 0 Å². The highest BCUT2D eigenvalue weighted by Gasteiger charge is 2.43. The first-order valence-corrected chi connectivity index (χ1v) is 3.95. The average molecular weight is 194 g/mol. The lowest BCUT2D eigenvalue weighted by molar-refractivity contribution is -0.294. The van der Waals surface area contributed by atoms with E-state index in [0.717, 1.165) is 0 Å². The van der Waals surface area contributed by atoms with Gasteiger partial charge in [-0.2, -0.15) is 0 Å². The first-order chi connectivity index (χ1) is 6.11. The molecule has 0 saturated carbocycles. The Bertz CT molecular complexity index is 143. The van der Waals surface area contributed by atoms with Gasteiger partial charge in [-0.15, -0.1) is 0 Å².